The summed E-state index contributed by atoms with van der Waals surface area (Å²) < 4.78 is 1.86. The Balaban J connectivity index is 1.40. The number of rotatable bonds is 2. The fourth-order valence-electron chi connectivity index (χ4n) is 3.96. The molecule has 3 aromatic rings. The number of nitrogens with zero attached hydrogens (tertiary/aromatic N) is 6. The minimum atomic E-state index is 0.153. The fourth-order valence-corrected chi connectivity index (χ4v) is 4.29. The van der Waals surface area contributed by atoms with Gasteiger partial charge in [0.25, 0.3) is 0 Å². The molecule has 0 atom stereocenters. The third-order valence-electron chi connectivity index (χ3n) is 5.35. The summed E-state index contributed by atoms with van der Waals surface area (Å²) in [6.07, 6.45) is 7.22. The van der Waals surface area contributed by atoms with Crippen LogP contribution in [0.25, 0.3) is 16.8 Å². The van der Waals surface area contributed by atoms with Gasteiger partial charge in [0.15, 0.2) is 5.65 Å². The maximum Gasteiger partial charge on any atom is 0.219 e. The van der Waals surface area contributed by atoms with Gasteiger partial charge in [-0.2, -0.15) is 0 Å². The summed E-state index contributed by atoms with van der Waals surface area (Å²) in [6.45, 7) is 5.13. The standard InChI is InChI=1S/C18H17ClN6O/c1-12(26)24-7-18(8-24)9-25(10-18)15-5-20-4-14(17(15)19)13-2-3-16-22-21-11-23(16)6-13/h2-6,11H,7-10H2,1H3. The molecule has 2 saturated heterocycles. The second kappa shape index (κ2) is 5.41. The average Bonchev–Trinajstić information content (AvgIpc) is 3.01. The van der Waals surface area contributed by atoms with Crippen LogP contribution in [-0.4, -0.2) is 56.6 Å². The van der Waals surface area contributed by atoms with Crippen LogP contribution < -0.4 is 4.90 Å². The van der Waals surface area contributed by atoms with Crippen molar-refractivity contribution in [3.05, 3.63) is 42.1 Å². The summed E-state index contributed by atoms with van der Waals surface area (Å²) in [6, 6.07) is 3.89. The Bertz CT molecular complexity index is 1020. The highest BCUT2D eigenvalue weighted by molar-refractivity contribution is 6.36. The number of carbonyl (C=O) groups is 1. The lowest BCUT2D eigenvalue weighted by atomic mass is 9.72. The van der Waals surface area contributed by atoms with E-state index >= 15 is 0 Å². The van der Waals surface area contributed by atoms with Gasteiger partial charge in [0, 0.05) is 62.0 Å². The van der Waals surface area contributed by atoms with E-state index in [1.54, 1.807) is 19.4 Å². The van der Waals surface area contributed by atoms with Crippen LogP contribution in [-0.2, 0) is 4.79 Å². The summed E-state index contributed by atoms with van der Waals surface area (Å²) in [5.41, 5.74) is 3.82. The van der Waals surface area contributed by atoms with Crippen molar-refractivity contribution < 1.29 is 4.79 Å². The first kappa shape index (κ1) is 15.6. The Hall–Kier alpha value is -2.67. The van der Waals surface area contributed by atoms with Gasteiger partial charge in [-0.1, -0.05) is 11.6 Å². The van der Waals surface area contributed by atoms with Gasteiger partial charge in [-0.05, 0) is 12.1 Å². The van der Waals surface area contributed by atoms with E-state index in [1.807, 2.05) is 33.8 Å². The summed E-state index contributed by atoms with van der Waals surface area (Å²) in [5, 5.41) is 8.63. The highest BCUT2D eigenvalue weighted by atomic mass is 35.5. The molecule has 2 aliphatic heterocycles. The summed E-state index contributed by atoms with van der Waals surface area (Å²) in [5.74, 6) is 0.153. The first-order valence-electron chi connectivity index (χ1n) is 8.48. The molecule has 2 fully saturated rings. The van der Waals surface area contributed by atoms with E-state index < -0.39 is 0 Å². The molecule has 132 valence electrons. The molecule has 3 aromatic heterocycles. The van der Waals surface area contributed by atoms with Crippen molar-refractivity contribution in [1.82, 2.24) is 24.5 Å². The smallest absolute Gasteiger partial charge is 0.219 e. The number of fused-ring (bicyclic) bond motifs is 1. The minimum Gasteiger partial charge on any atom is -0.368 e. The van der Waals surface area contributed by atoms with E-state index in [0.717, 1.165) is 48.6 Å². The largest absolute Gasteiger partial charge is 0.368 e. The lowest BCUT2D eigenvalue weighted by molar-refractivity contribution is -0.142. The quantitative estimate of drug-likeness (QED) is 0.693. The van der Waals surface area contributed by atoms with Crippen LogP contribution in [0.3, 0.4) is 0 Å². The molecule has 0 aliphatic carbocycles. The molecule has 1 spiro atoms. The van der Waals surface area contributed by atoms with E-state index in [0.29, 0.717) is 5.02 Å². The second-order valence-electron chi connectivity index (χ2n) is 7.27. The molecule has 5 rings (SSSR count). The Labute approximate surface area is 155 Å². The number of hydrogen-bond acceptors (Lipinski definition) is 5. The SMILES string of the molecule is CC(=O)N1CC2(C1)CN(c1cncc(-c3ccc4nncn4c3)c1Cl)C2. The van der Waals surface area contributed by atoms with Crippen molar-refractivity contribution in [1.29, 1.82) is 0 Å². The molecule has 0 radical (unpaired) electrons. The Morgan fingerprint density at radius 2 is 2.00 bits per heavy atom. The minimum absolute atomic E-state index is 0.153. The highest BCUT2D eigenvalue weighted by Crippen LogP contribution is 2.45. The van der Waals surface area contributed by atoms with Crippen molar-refractivity contribution in [2.75, 3.05) is 31.1 Å². The maximum atomic E-state index is 11.4. The van der Waals surface area contributed by atoms with Crippen molar-refractivity contribution >= 4 is 28.8 Å². The van der Waals surface area contributed by atoms with Crippen molar-refractivity contribution in [2.24, 2.45) is 5.41 Å². The monoisotopic (exact) mass is 368 g/mol. The van der Waals surface area contributed by atoms with E-state index in [2.05, 4.69) is 20.1 Å². The summed E-state index contributed by atoms with van der Waals surface area (Å²) in [4.78, 5) is 19.9. The first-order chi connectivity index (χ1) is 12.5. The zero-order chi connectivity index (χ0) is 17.9. The van der Waals surface area contributed by atoms with Crippen LogP contribution >= 0.6 is 11.6 Å². The van der Waals surface area contributed by atoms with Gasteiger partial charge in [0.1, 0.15) is 6.33 Å². The number of carbonyl (C=O) groups excluding carboxylic acids is 1. The van der Waals surface area contributed by atoms with Gasteiger partial charge in [-0.3, -0.25) is 14.2 Å². The molecular formula is C18H17ClN6O. The number of anilines is 1. The third kappa shape index (κ3) is 2.27. The normalized spacial score (nSPS) is 18.1. The van der Waals surface area contributed by atoms with Crippen LogP contribution in [0, 0.1) is 5.41 Å². The topological polar surface area (TPSA) is 66.6 Å². The lowest BCUT2D eigenvalue weighted by Crippen LogP contribution is -2.73. The Morgan fingerprint density at radius 1 is 1.19 bits per heavy atom. The van der Waals surface area contributed by atoms with Crippen molar-refractivity contribution in [2.45, 2.75) is 6.92 Å². The van der Waals surface area contributed by atoms with Crippen LogP contribution in [0.15, 0.2) is 37.1 Å². The number of aromatic nitrogens is 4. The molecule has 2 aliphatic rings. The average molecular weight is 369 g/mol. The third-order valence-corrected chi connectivity index (χ3v) is 5.75. The Morgan fingerprint density at radius 3 is 2.77 bits per heavy atom. The zero-order valence-electron chi connectivity index (χ0n) is 14.3. The molecule has 0 saturated carbocycles. The van der Waals surface area contributed by atoms with Gasteiger partial charge in [0.2, 0.25) is 5.91 Å². The number of amides is 1. The number of likely N-dealkylation sites (tertiary alicyclic amines) is 1. The lowest BCUT2D eigenvalue weighted by Gasteiger charge is -2.60. The van der Waals surface area contributed by atoms with E-state index in [-0.39, 0.29) is 11.3 Å². The summed E-state index contributed by atoms with van der Waals surface area (Å²) in [7, 11) is 0. The predicted octanol–water partition coefficient (Wildman–Crippen LogP) is 2.11. The van der Waals surface area contributed by atoms with Gasteiger partial charge in [0.05, 0.1) is 16.9 Å². The van der Waals surface area contributed by atoms with E-state index in [9.17, 15) is 4.79 Å². The van der Waals surface area contributed by atoms with Crippen LogP contribution in [0.1, 0.15) is 6.92 Å². The maximum absolute atomic E-state index is 11.4. The molecule has 0 bridgehead atoms. The second-order valence-corrected chi connectivity index (χ2v) is 7.64. The van der Waals surface area contributed by atoms with Crippen LogP contribution in [0.4, 0.5) is 5.69 Å². The first-order valence-corrected chi connectivity index (χ1v) is 8.86. The summed E-state index contributed by atoms with van der Waals surface area (Å²) >= 11 is 6.72. The highest BCUT2D eigenvalue weighted by Gasteiger charge is 2.53. The molecule has 0 unspecified atom stereocenters. The van der Waals surface area contributed by atoms with Crippen molar-refractivity contribution in [3.8, 4) is 11.1 Å². The van der Waals surface area contributed by atoms with Crippen LogP contribution in [0.5, 0.6) is 0 Å². The van der Waals surface area contributed by atoms with Gasteiger partial charge < -0.3 is 9.80 Å². The van der Waals surface area contributed by atoms with Crippen molar-refractivity contribution in [3.63, 3.8) is 0 Å². The fraction of sp³-hybridized carbons (Fsp3) is 0.333. The molecule has 26 heavy (non-hydrogen) atoms. The Kier molecular flexibility index (Phi) is 3.24. The van der Waals surface area contributed by atoms with E-state index in [4.69, 9.17) is 11.6 Å². The van der Waals surface area contributed by atoms with Gasteiger partial charge >= 0.3 is 0 Å². The zero-order valence-corrected chi connectivity index (χ0v) is 15.0. The van der Waals surface area contributed by atoms with Gasteiger partial charge in [-0.25, -0.2) is 0 Å². The molecule has 0 aromatic carbocycles. The molecule has 1 amide bonds. The predicted molar refractivity (Wildman–Crippen MR) is 98.1 cm³/mol. The molecular weight excluding hydrogens is 352 g/mol. The van der Waals surface area contributed by atoms with Crippen LogP contribution in [0.2, 0.25) is 5.02 Å². The molecule has 0 N–H and O–H groups in total. The van der Waals surface area contributed by atoms with E-state index in [1.165, 1.54) is 0 Å². The molecule has 8 heteroatoms. The number of hydrogen-bond donors (Lipinski definition) is 0. The number of pyridine rings is 2. The molecule has 7 nitrogen and oxygen atoms in total. The van der Waals surface area contributed by atoms with Gasteiger partial charge in [-0.15, -0.1) is 10.2 Å². The number of halogens is 1. The molecule has 5 heterocycles.